The van der Waals surface area contributed by atoms with Gasteiger partial charge in [0.1, 0.15) is 5.69 Å². The fourth-order valence-electron chi connectivity index (χ4n) is 1.80. The van der Waals surface area contributed by atoms with Gasteiger partial charge >= 0.3 is 0 Å². The molecule has 1 N–H and O–H groups in total. The molecule has 6 heteroatoms. The summed E-state index contributed by atoms with van der Waals surface area (Å²) >= 11 is 3.35. The largest absolute Gasteiger partial charge is 0.339 e. The summed E-state index contributed by atoms with van der Waals surface area (Å²) in [6.45, 7) is 5.37. The number of nitrogens with zero attached hydrogens (tertiary/aromatic N) is 3. The molecule has 2 aromatic heterocycles. The molecule has 1 atom stereocenters. The molecule has 0 amide bonds. The van der Waals surface area contributed by atoms with Crippen molar-refractivity contribution in [2.45, 2.75) is 39.2 Å². The zero-order valence-electron chi connectivity index (χ0n) is 11.8. The van der Waals surface area contributed by atoms with Gasteiger partial charge < -0.3 is 9.84 Å². The summed E-state index contributed by atoms with van der Waals surface area (Å²) in [6.07, 6.45) is 4.63. The molecule has 1 unspecified atom stereocenters. The van der Waals surface area contributed by atoms with Crippen LogP contribution >= 0.6 is 15.9 Å². The molecule has 0 aliphatic rings. The molecule has 0 aliphatic heterocycles. The predicted octanol–water partition coefficient (Wildman–Crippen LogP) is 3.21. The SMILES string of the molecule is CCCNC(C)CCc1nc(-c2ccc(Br)cn2)no1. The normalized spacial score (nSPS) is 12.6. The Bertz CT molecular complexity index is 526. The van der Waals surface area contributed by atoms with Crippen molar-refractivity contribution in [3.63, 3.8) is 0 Å². The highest BCUT2D eigenvalue weighted by atomic mass is 79.9. The number of aromatic nitrogens is 3. The lowest BCUT2D eigenvalue weighted by molar-refractivity contribution is 0.367. The van der Waals surface area contributed by atoms with E-state index in [4.69, 9.17) is 4.52 Å². The highest BCUT2D eigenvalue weighted by molar-refractivity contribution is 9.10. The Balaban J connectivity index is 1.90. The predicted molar refractivity (Wildman–Crippen MR) is 81.3 cm³/mol. The molecular formula is C14H19BrN4O. The van der Waals surface area contributed by atoms with Crippen molar-refractivity contribution in [2.24, 2.45) is 0 Å². The summed E-state index contributed by atoms with van der Waals surface area (Å²) in [7, 11) is 0. The molecule has 0 aromatic carbocycles. The van der Waals surface area contributed by atoms with E-state index in [0.717, 1.165) is 36.0 Å². The third kappa shape index (κ3) is 4.38. The molecule has 0 spiro atoms. The minimum atomic E-state index is 0.455. The Morgan fingerprint density at radius 1 is 1.40 bits per heavy atom. The summed E-state index contributed by atoms with van der Waals surface area (Å²) < 4.78 is 6.19. The van der Waals surface area contributed by atoms with Gasteiger partial charge in [-0.2, -0.15) is 4.98 Å². The molecule has 0 saturated carbocycles. The van der Waals surface area contributed by atoms with Gasteiger partial charge in [-0.25, -0.2) is 0 Å². The van der Waals surface area contributed by atoms with Crippen LogP contribution in [0.1, 0.15) is 32.6 Å². The van der Waals surface area contributed by atoms with Gasteiger partial charge in [0.15, 0.2) is 0 Å². The molecule has 5 nitrogen and oxygen atoms in total. The summed E-state index contributed by atoms with van der Waals surface area (Å²) in [5.74, 6) is 1.21. The Morgan fingerprint density at radius 2 is 2.25 bits per heavy atom. The molecule has 0 radical (unpaired) electrons. The number of pyridine rings is 1. The average molecular weight is 339 g/mol. The van der Waals surface area contributed by atoms with Crippen molar-refractivity contribution in [1.82, 2.24) is 20.4 Å². The van der Waals surface area contributed by atoms with Gasteiger partial charge in [0.2, 0.25) is 11.7 Å². The van der Waals surface area contributed by atoms with E-state index in [0.29, 0.717) is 17.8 Å². The second-order valence-electron chi connectivity index (χ2n) is 4.77. The minimum absolute atomic E-state index is 0.455. The number of halogens is 1. The van der Waals surface area contributed by atoms with Crippen LogP contribution in [0.25, 0.3) is 11.5 Å². The fraction of sp³-hybridized carbons (Fsp3) is 0.500. The smallest absolute Gasteiger partial charge is 0.227 e. The van der Waals surface area contributed by atoms with Gasteiger partial charge in [-0.1, -0.05) is 12.1 Å². The van der Waals surface area contributed by atoms with E-state index < -0.39 is 0 Å². The van der Waals surface area contributed by atoms with Gasteiger partial charge in [0, 0.05) is 23.1 Å². The lowest BCUT2D eigenvalue weighted by Gasteiger charge is -2.10. The van der Waals surface area contributed by atoms with Gasteiger partial charge in [0.05, 0.1) is 0 Å². The van der Waals surface area contributed by atoms with Gasteiger partial charge in [-0.3, -0.25) is 4.98 Å². The third-order valence-electron chi connectivity index (χ3n) is 2.96. The molecule has 0 aliphatic carbocycles. The van der Waals surface area contributed by atoms with Gasteiger partial charge in [-0.05, 0) is 54.4 Å². The monoisotopic (exact) mass is 338 g/mol. The summed E-state index contributed by atoms with van der Waals surface area (Å²) in [4.78, 5) is 8.63. The second-order valence-corrected chi connectivity index (χ2v) is 5.68. The van der Waals surface area contributed by atoms with Crippen LogP contribution < -0.4 is 5.32 Å². The van der Waals surface area contributed by atoms with E-state index >= 15 is 0 Å². The molecule has 0 bridgehead atoms. The average Bonchev–Trinajstić information content (AvgIpc) is 2.92. The van der Waals surface area contributed by atoms with Crippen molar-refractivity contribution in [3.8, 4) is 11.5 Å². The molecule has 0 fully saturated rings. The van der Waals surface area contributed by atoms with Crippen molar-refractivity contribution in [1.29, 1.82) is 0 Å². The van der Waals surface area contributed by atoms with Crippen LogP contribution in [0.4, 0.5) is 0 Å². The molecular weight excluding hydrogens is 320 g/mol. The summed E-state index contributed by atoms with van der Waals surface area (Å²) in [5, 5.41) is 7.41. The quantitative estimate of drug-likeness (QED) is 0.839. The van der Waals surface area contributed by atoms with Crippen molar-refractivity contribution in [2.75, 3.05) is 6.54 Å². The first-order valence-corrected chi connectivity index (χ1v) is 7.66. The lowest BCUT2D eigenvalue weighted by atomic mass is 10.2. The number of hydrogen-bond acceptors (Lipinski definition) is 5. The summed E-state index contributed by atoms with van der Waals surface area (Å²) in [5.41, 5.74) is 0.723. The van der Waals surface area contributed by atoms with E-state index in [-0.39, 0.29) is 0 Å². The van der Waals surface area contributed by atoms with Crippen LogP contribution in [0.5, 0.6) is 0 Å². The highest BCUT2D eigenvalue weighted by Crippen LogP contribution is 2.16. The van der Waals surface area contributed by atoms with Gasteiger partial charge in [-0.15, -0.1) is 0 Å². The number of hydrogen-bond donors (Lipinski definition) is 1. The molecule has 108 valence electrons. The number of rotatable bonds is 7. The topological polar surface area (TPSA) is 63.8 Å². The van der Waals surface area contributed by atoms with Crippen LogP contribution in [0, 0.1) is 0 Å². The Morgan fingerprint density at radius 3 is 2.95 bits per heavy atom. The van der Waals surface area contributed by atoms with E-state index in [2.05, 4.69) is 50.2 Å². The molecule has 2 aromatic rings. The van der Waals surface area contributed by atoms with Crippen LogP contribution in [0.2, 0.25) is 0 Å². The Hall–Kier alpha value is -1.27. The van der Waals surface area contributed by atoms with Crippen LogP contribution in [0.15, 0.2) is 27.3 Å². The second kappa shape index (κ2) is 7.50. The third-order valence-corrected chi connectivity index (χ3v) is 3.43. The minimum Gasteiger partial charge on any atom is -0.339 e. The maximum absolute atomic E-state index is 5.26. The fourth-order valence-corrected chi connectivity index (χ4v) is 2.04. The zero-order chi connectivity index (χ0) is 14.4. The van der Waals surface area contributed by atoms with E-state index in [1.165, 1.54) is 0 Å². The Labute approximate surface area is 127 Å². The first-order valence-electron chi connectivity index (χ1n) is 6.87. The van der Waals surface area contributed by atoms with Crippen molar-refractivity contribution < 1.29 is 4.52 Å². The highest BCUT2D eigenvalue weighted by Gasteiger charge is 2.11. The van der Waals surface area contributed by atoms with E-state index in [1.54, 1.807) is 6.20 Å². The number of aryl methyl sites for hydroxylation is 1. The molecule has 20 heavy (non-hydrogen) atoms. The lowest BCUT2D eigenvalue weighted by Crippen LogP contribution is -2.27. The van der Waals surface area contributed by atoms with Crippen LogP contribution in [0.3, 0.4) is 0 Å². The molecule has 2 heterocycles. The zero-order valence-corrected chi connectivity index (χ0v) is 13.4. The summed E-state index contributed by atoms with van der Waals surface area (Å²) in [6, 6.07) is 4.23. The first kappa shape index (κ1) is 15.1. The van der Waals surface area contributed by atoms with Crippen molar-refractivity contribution >= 4 is 15.9 Å². The van der Waals surface area contributed by atoms with E-state index in [9.17, 15) is 0 Å². The first-order chi connectivity index (χ1) is 9.69. The maximum Gasteiger partial charge on any atom is 0.227 e. The van der Waals surface area contributed by atoms with E-state index in [1.807, 2.05) is 12.1 Å². The van der Waals surface area contributed by atoms with Crippen LogP contribution in [-0.2, 0) is 6.42 Å². The standard InChI is InChI=1S/C14H19BrN4O/c1-3-8-16-10(2)4-7-13-18-14(19-20-13)12-6-5-11(15)9-17-12/h5-6,9-10,16H,3-4,7-8H2,1-2H3. The van der Waals surface area contributed by atoms with Gasteiger partial charge in [0.25, 0.3) is 0 Å². The maximum atomic E-state index is 5.26. The van der Waals surface area contributed by atoms with Crippen molar-refractivity contribution in [3.05, 3.63) is 28.7 Å². The molecule has 2 rings (SSSR count). The Kier molecular flexibility index (Phi) is 5.67. The van der Waals surface area contributed by atoms with Crippen LogP contribution in [-0.4, -0.2) is 27.7 Å². The number of nitrogens with one attached hydrogen (secondary N) is 1. The molecule has 0 saturated heterocycles.